The topological polar surface area (TPSA) is 108 Å². The average Bonchev–Trinajstić information content (AvgIpc) is 2.15. The maximum atomic E-state index is 11.1. The molecule has 0 saturated heterocycles. The summed E-state index contributed by atoms with van der Waals surface area (Å²) in [5.41, 5.74) is 0. The molecule has 0 saturated carbocycles. The van der Waals surface area contributed by atoms with Gasteiger partial charge in [0.2, 0.25) is 5.91 Å². The van der Waals surface area contributed by atoms with Gasteiger partial charge in [-0.2, -0.15) is 0 Å². The Morgan fingerprint density at radius 1 is 1.07 bits per heavy atom. The first-order valence-electron chi connectivity index (χ1n) is 4.40. The molecule has 0 aromatic heterocycles. The van der Waals surface area contributed by atoms with Crippen molar-refractivity contribution in [2.75, 3.05) is 7.05 Å². The number of carboxylic acid groups (broad SMARTS) is 1. The summed E-state index contributed by atoms with van der Waals surface area (Å²) >= 11 is 0. The molecule has 0 radical (unpaired) electrons. The van der Waals surface area contributed by atoms with Crippen molar-refractivity contribution in [1.29, 1.82) is 0 Å². The highest BCUT2D eigenvalue weighted by Gasteiger charge is 2.17. The number of urea groups is 1. The number of hydrogen-bond donors (Lipinski definition) is 4. The summed E-state index contributed by atoms with van der Waals surface area (Å²) in [6.45, 7) is 2.82. The Labute approximate surface area is 87.2 Å². The minimum atomic E-state index is -1.14. The highest BCUT2D eigenvalue weighted by atomic mass is 16.4. The summed E-state index contributed by atoms with van der Waals surface area (Å²) in [7, 11) is 1.44. The SMILES string of the molecule is CNC(=O)C(C)NC(=O)NC(C)C(=O)O. The third-order valence-corrected chi connectivity index (χ3v) is 1.71. The van der Waals surface area contributed by atoms with Crippen LogP contribution in [0.3, 0.4) is 0 Å². The Kier molecular flexibility index (Phi) is 5.14. The van der Waals surface area contributed by atoms with E-state index in [0.717, 1.165) is 0 Å². The van der Waals surface area contributed by atoms with Crippen LogP contribution in [0.25, 0.3) is 0 Å². The lowest BCUT2D eigenvalue weighted by Crippen LogP contribution is -2.51. The third kappa shape index (κ3) is 4.84. The first-order chi connectivity index (χ1) is 6.88. The summed E-state index contributed by atoms with van der Waals surface area (Å²) in [6.07, 6.45) is 0. The van der Waals surface area contributed by atoms with Crippen LogP contribution in [-0.2, 0) is 9.59 Å². The van der Waals surface area contributed by atoms with Crippen molar-refractivity contribution in [3.63, 3.8) is 0 Å². The van der Waals surface area contributed by atoms with E-state index in [4.69, 9.17) is 5.11 Å². The van der Waals surface area contributed by atoms with Crippen LogP contribution in [0.2, 0.25) is 0 Å². The predicted molar refractivity (Wildman–Crippen MR) is 52.3 cm³/mol. The number of nitrogens with one attached hydrogen (secondary N) is 3. The van der Waals surface area contributed by atoms with E-state index < -0.39 is 24.1 Å². The largest absolute Gasteiger partial charge is 0.480 e. The molecule has 7 nitrogen and oxygen atoms in total. The molecule has 86 valence electrons. The Morgan fingerprint density at radius 2 is 1.53 bits per heavy atom. The Hall–Kier alpha value is -1.79. The fraction of sp³-hybridized carbons (Fsp3) is 0.625. The van der Waals surface area contributed by atoms with E-state index in [0.29, 0.717) is 0 Å². The molecule has 3 amide bonds. The molecule has 7 heteroatoms. The minimum Gasteiger partial charge on any atom is -0.480 e. The number of amides is 3. The van der Waals surface area contributed by atoms with Gasteiger partial charge in [0.25, 0.3) is 0 Å². The van der Waals surface area contributed by atoms with Gasteiger partial charge in [-0.25, -0.2) is 4.79 Å². The molecular weight excluding hydrogens is 202 g/mol. The van der Waals surface area contributed by atoms with Gasteiger partial charge in [0, 0.05) is 7.05 Å². The van der Waals surface area contributed by atoms with Crippen LogP contribution in [-0.4, -0.2) is 42.1 Å². The molecule has 0 spiro atoms. The molecule has 0 rings (SSSR count). The molecule has 0 bridgehead atoms. The number of hydrogen-bond acceptors (Lipinski definition) is 3. The molecule has 2 atom stereocenters. The standard InChI is InChI=1S/C8H15N3O4/c1-4(6(12)9-3)10-8(15)11-5(2)7(13)14/h4-5H,1-3H3,(H,9,12)(H,13,14)(H2,10,11,15). The fourth-order valence-corrected chi connectivity index (χ4v) is 0.779. The lowest BCUT2D eigenvalue weighted by molar-refractivity contribution is -0.138. The lowest BCUT2D eigenvalue weighted by atomic mass is 10.3. The van der Waals surface area contributed by atoms with Gasteiger partial charge < -0.3 is 21.1 Å². The molecule has 0 aliphatic carbocycles. The monoisotopic (exact) mass is 217 g/mol. The smallest absolute Gasteiger partial charge is 0.325 e. The molecule has 2 unspecified atom stereocenters. The summed E-state index contributed by atoms with van der Waals surface area (Å²) in [5, 5.41) is 15.3. The zero-order valence-corrected chi connectivity index (χ0v) is 8.83. The van der Waals surface area contributed by atoms with Crippen LogP contribution < -0.4 is 16.0 Å². The highest BCUT2D eigenvalue weighted by molar-refractivity contribution is 5.88. The van der Waals surface area contributed by atoms with E-state index in [2.05, 4.69) is 16.0 Å². The van der Waals surface area contributed by atoms with Crippen molar-refractivity contribution in [3.8, 4) is 0 Å². The van der Waals surface area contributed by atoms with E-state index in [1.807, 2.05) is 0 Å². The second-order valence-electron chi connectivity index (χ2n) is 3.01. The van der Waals surface area contributed by atoms with Gasteiger partial charge in [-0.15, -0.1) is 0 Å². The summed E-state index contributed by atoms with van der Waals surface area (Å²) in [4.78, 5) is 32.5. The lowest BCUT2D eigenvalue weighted by Gasteiger charge is -2.14. The van der Waals surface area contributed by atoms with Crippen molar-refractivity contribution in [2.45, 2.75) is 25.9 Å². The highest BCUT2D eigenvalue weighted by Crippen LogP contribution is 1.84. The maximum Gasteiger partial charge on any atom is 0.325 e. The van der Waals surface area contributed by atoms with Crippen LogP contribution in [0.4, 0.5) is 4.79 Å². The van der Waals surface area contributed by atoms with Gasteiger partial charge in [-0.05, 0) is 13.8 Å². The first-order valence-corrected chi connectivity index (χ1v) is 4.40. The molecule has 0 aromatic rings. The van der Waals surface area contributed by atoms with Crippen molar-refractivity contribution in [2.24, 2.45) is 0 Å². The van der Waals surface area contributed by atoms with Crippen LogP contribution in [0, 0.1) is 0 Å². The zero-order valence-electron chi connectivity index (χ0n) is 8.83. The summed E-state index contributed by atoms with van der Waals surface area (Å²) < 4.78 is 0. The Morgan fingerprint density at radius 3 is 1.93 bits per heavy atom. The van der Waals surface area contributed by atoms with Crippen LogP contribution >= 0.6 is 0 Å². The van der Waals surface area contributed by atoms with Crippen LogP contribution in [0.15, 0.2) is 0 Å². The fourth-order valence-electron chi connectivity index (χ4n) is 0.779. The maximum absolute atomic E-state index is 11.1. The van der Waals surface area contributed by atoms with E-state index in [1.54, 1.807) is 0 Å². The molecule has 0 fully saturated rings. The van der Waals surface area contributed by atoms with Crippen molar-refractivity contribution in [1.82, 2.24) is 16.0 Å². The second-order valence-corrected chi connectivity index (χ2v) is 3.01. The number of carbonyl (C=O) groups is 3. The first kappa shape index (κ1) is 13.2. The van der Waals surface area contributed by atoms with E-state index >= 15 is 0 Å². The number of rotatable bonds is 4. The number of likely N-dealkylation sites (N-methyl/N-ethyl adjacent to an activating group) is 1. The number of carboxylic acids is 1. The van der Waals surface area contributed by atoms with Gasteiger partial charge in [-0.1, -0.05) is 0 Å². The van der Waals surface area contributed by atoms with Gasteiger partial charge in [0.05, 0.1) is 0 Å². The molecule has 15 heavy (non-hydrogen) atoms. The minimum absolute atomic E-state index is 0.354. The molecular formula is C8H15N3O4. The molecule has 0 aromatic carbocycles. The number of aliphatic carboxylic acids is 1. The van der Waals surface area contributed by atoms with Gasteiger partial charge in [0.15, 0.2) is 0 Å². The van der Waals surface area contributed by atoms with E-state index in [9.17, 15) is 14.4 Å². The summed E-state index contributed by atoms with van der Waals surface area (Å²) in [6, 6.07) is -2.40. The molecule has 0 aliphatic heterocycles. The molecule has 0 heterocycles. The van der Waals surface area contributed by atoms with Crippen molar-refractivity contribution >= 4 is 17.9 Å². The number of carbonyl (C=O) groups excluding carboxylic acids is 2. The average molecular weight is 217 g/mol. The predicted octanol–water partition coefficient (Wildman–Crippen LogP) is -1.11. The van der Waals surface area contributed by atoms with Gasteiger partial charge >= 0.3 is 12.0 Å². The van der Waals surface area contributed by atoms with Crippen LogP contribution in [0.5, 0.6) is 0 Å². The van der Waals surface area contributed by atoms with Gasteiger partial charge in [-0.3, -0.25) is 9.59 Å². The second kappa shape index (κ2) is 5.84. The van der Waals surface area contributed by atoms with Gasteiger partial charge in [0.1, 0.15) is 12.1 Å². The van der Waals surface area contributed by atoms with Crippen molar-refractivity contribution in [3.05, 3.63) is 0 Å². The van der Waals surface area contributed by atoms with Crippen LogP contribution in [0.1, 0.15) is 13.8 Å². The molecule has 0 aliphatic rings. The quantitative estimate of drug-likeness (QED) is 0.479. The van der Waals surface area contributed by atoms with E-state index in [-0.39, 0.29) is 5.91 Å². The third-order valence-electron chi connectivity index (χ3n) is 1.71. The molecule has 4 N–H and O–H groups in total. The summed E-state index contributed by atoms with van der Waals surface area (Å²) in [5.74, 6) is -1.49. The Balaban J connectivity index is 4.04. The van der Waals surface area contributed by atoms with Crippen molar-refractivity contribution < 1.29 is 19.5 Å². The zero-order chi connectivity index (χ0) is 12.0. The Bertz CT molecular complexity index is 267. The normalized spacial score (nSPS) is 13.5. The van der Waals surface area contributed by atoms with E-state index in [1.165, 1.54) is 20.9 Å².